The van der Waals surface area contributed by atoms with Gasteiger partial charge in [0.25, 0.3) is 11.8 Å². The molecule has 0 radical (unpaired) electrons. The molecule has 1 aliphatic rings. The zero-order chi connectivity index (χ0) is 21.7. The average molecular weight is 431 g/mol. The lowest BCUT2D eigenvalue weighted by Crippen LogP contribution is -2.21. The molecule has 5 rings (SSSR count). The van der Waals surface area contributed by atoms with Crippen LogP contribution in [0.1, 0.15) is 49.4 Å². The molecule has 0 bridgehead atoms. The second-order valence-corrected chi connectivity index (χ2v) is 8.04. The maximum Gasteiger partial charge on any atom is 0.292 e. The Kier molecular flexibility index (Phi) is 4.52. The van der Waals surface area contributed by atoms with Crippen molar-refractivity contribution in [3.05, 3.63) is 99.6 Å². The predicted octanol–water partition coefficient (Wildman–Crippen LogP) is 4.69. The van der Waals surface area contributed by atoms with Gasteiger partial charge >= 0.3 is 0 Å². The van der Waals surface area contributed by atoms with E-state index in [2.05, 4.69) is 15.6 Å². The number of benzene rings is 2. The van der Waals surface area contributed by atoms with Crippen LogP contribution in [-0.4, -0.2) is 21.2 Å². The van der Waals surface area contributed by atoms with E-state index in [0.717, 1.165) is 27.9 Å². The van der Waals surface area contributed by atoms with Gasteiger partial charge in [0.2, 0.25) is 5.82 Å². The number of carbonyl (C=O) groups excluding carboxylic acids is 2. The number of carbonyl (C=O) groups is 2. The number of hydrogen-bond acceptors (Lipinski definition) is 3. The van der Waals surface area contributed by atoms with Crippen molar-refractivity contribution < 1.29 is 9.59 Å². The Morgan fingerprint density at radius 3 is 2.71 bits per heavy atom. The Morgan fingerprint density at radius 1 is 1.10 bits per heavy atom. The number of aryl methyl sites for hydroxylation is 2. The Hall–Kier alpha value is -3.64. The summed E-state index contributed by atoms with van der Waals surface area (Å²) in [5.41, 5.74) is 5.48. The summed E-state index contributed by atoms with van der Waals surface area (Å²) < 4.78 is 1.68. The average Bonchev–Trinajstić information content (AvgIpc) is 3.26. The first-order valence-corrected chi connectivity index (χ1v) is 10.3. The lowest BCUT2D eigenvalue weighted by Gasteiger charge is -2.18. The maximum atomic E-state index is 13.2. The summed E-state index contributed by atoms with van der Waals surface area (Å²) in [6.07, 6.45) is 1.67. The van der Waals surface area contributed by atoms with Crippen LogP contribution in [0, 0.1) is 13.8 Å². The van der Waals surface area contributed by atoms with Gasteiger partial charge in [0.1, 0.15) is 0 Å². The summed E-state index contributed by atoms with van der Waals surface area (Å²) in [5.74, 6) is -0.299. The van der Waals surface area contributed by atoms with Gasteiger partial charge in [-0.1, -0.05) is 41.9 Å². The number of rotatable bonds is 3. The third-order valence-corrected chi connectivity index (χ3v) is 5.87. The molecule has 0 saturated carbocycles. The van der Waals surface area contributed by atoms with Crippen LogP contribution in [0.5, 0.6) is 0 Å². The van der Waals surface area contributed by atoms with Crippen LogP contribution in [-0.2, 0) is 0 Å². The standard InChI is InChI=1S/C24H19ClN4O2/c1-13-6-3-4-7-16(13)21-20-17(23(30)28-21)8-5-9-18(20)27-24(31)22-26-14(2)19-11-10-15(25)12-29(19)22/h3-12,21H,1-2H3,(H,27,31)(H,28,30). The fourth-order valence-electron chi connectivity index (χ4n) is 4.16. The van der Waals surface area contributed by atoms with Gasteiger partial charge in [-0.25, -0.2) is 4.98 Å². The number of imidazole rings is 1. The van der Waals surface area contributed by atoms with Crippen LogP contribution < -0.4 is 10.6 Å². The van der Waals surface area contributed by atoms with E-state index in [1.54, 1.807) is 34.9 Å². The van der Waals surface area contributed by atoms with Crippen LogP contribution in [0.25, 0.3) is 5.52 Å². The zero-order valence-corrected chi connectivity index (χ0v) is 17.7. The number of nitrogens with zero attached hydrogens (tertiary/aromatic N) is 2. The number of aromatic nitrogens is 2. The van der Waals surface area contributed by atoms with E-state index < -0.39 is 0 Å². The molecule has 2 N–H and O–H groups in total. The number of nitrogens with one attached hydrogen (secondary N) is 2. The topological polar surface area (TPSA) is 75.5 Å². The molecule has 1 aliphatic heterocycles. The minimum atomic E-state index is -0.373. The van der Waals surface area contributed by atoms with Crippen molar-refractivity contribution in [2.75, 3.05) is 5.32 Å². The van der Waals surface area contributed by atoms with Gasteiger partial charge in [0.05, 0.1) is 22.3 Å². The highest BCUT2D eigenvalue weighted by Gasteiger charge is 2.33. The second-order valence-electron chi connectivity index (χ2n) is 7.61. The molecule has 7 heteroatoms. The van der Waals surface area contributed by atoms with Crippen molar-refractivity contribution in [2.45, 2.75) is 19.9 Å². The van der Waals surface area contributed by atoms with Crippen LogP contribution in [0.3, 0.4) is 0 Å². The Morgan fingerprint density at radius 2 is 1.90 bits per heavy atom. The number of halogens is 1. The highest BCUT2D eigenvalue weighted by Crippen LogP contribution is 2.37. The zero-order valence-electron chi connectivity index (χ0n) is 16.9. The minimum Gasteiger partial charge on any atom is -0.341 e. The molecular formula is C24H19ClN4O2. The normalized spacial score (nSPS) is 15.1. The van der Waals surface area contributed by atoms with Gasteiger partial charge < -0.3 is 10.6 Å². The lowest BCUT2D eigenvalue weighted by atomic mass is 9.93. The van der Waals surface area contributed by atoms with Crippen molar-refractivity contribution in [3.63, 3.8) is 0 Å². The second kappa shape index (κ2) is 7.25. The third-order valence-electron chi connectivity index (χ3n) is 5.65. The molecule has 31 heavy (non-hydrogen) atoms. The summed E-state index contributed by atoms with van der Waals surface area (Å²) in [6, 6.07) is 16.5. The van der Waals surface area contributed by atoms with Crippen LogP contribution in [0.2, 0.25) is 5.02 Å². The molecule has 1 unspecified atom stereocenters. The fraction of sp³-hybridized carbons (Fsp3) is 0.125. The van der Waals surface area contributed by atoms with Gasteiger partial charge in [-0.05, 0) is 49.2 Å². The van der Waals surface area contributed by atoms with Crippen LogP contribution in [0.4, 0.5) is 5.69 Å². The number of anilines is 1. The molecule has 6 nitrogen and oxygen atoms in total. The van der Waals surface area contributed by atoms with E-state index in [4.69, 9.17) is 11.6 Å². The molecule has 4 aromatic rings. The first-order chi connectivity index (χ1) is 14.9. The summed E-state index contributed by atoms with van der Waals surface area (Å²) >= 11 is 6.13. The monoisotopic (exact) mass is 430 g/mol. The number of hydrogen-bond donors (Lipinski definition) is 2. The highest BCUT2D eigenvalue weighted by atomic mass is 35.5. The summed E-state index contributed by atoms with van der Waals surface area (Å²) in [7, 11) is 0. The number of amides is 2. The lowest BCUT2D eigenvalue weighted by molar-refractivity contribution is 0.0959. The first kappa shape index (κ1) is 19.3. The van der Waals surface area contributed by atoms with E-state index >= 15 is 0 Å². The van der Waals surface area contributed by atoms with E-state index in [1.807, 2.05) is 44.2 Å². The minimum absolute atomic E-state index is 0.159. The van der Waals surface area contributed by atoms with Crippen molar-refractivity contribution in [1.82, 2.24) is 14.7 Å². The molecule has 2 aromatic heterocycles. The molecule has 1 atom stereocenters. The van der Waals surface area contributed by atoms with Crippen molar-refractivity contribution in [2.24, 2.45) is 0 Å². The molecule has 2 amide bonds. The fourth-order valence-corrected chi connectivity index (χ4v) is 4.32. The molecule has 0 saturated heterocycles. The van der Waals surface area contributed by atoms with Crippen LogP contribution in [0.15, 0.2) is 60.8 Å². The summed E-state index contributed by atoms with van der Waals surface area (Å²) in [6.45, 7) is 3.85. The molecule has 154 valence electrons. The Labute approximate surface area is 183 Å². The molecular weight excluding hydrogens is 412 g/mol. The number of pyridine rings is 1. The van der Waals surface area contributed by atoms with Gasteiger partial charge in [0, 0.05) is 23.0 Å². The van der Waals surface area contributed by atoms with Crippen LogP contribution >= 0.6 is 11.6 Å². The molecule has 3 heterocycles. The molecule has 2 aromatic carbocycles. The number of fused-ring (bicyclic) bond motifs is 2. The summed E-state index contributed by atoms with van der Waals surface area (Å²) in [5, 5.41) is 6.52. The van der Waals surface area contributed by atoms with E-state index in [1.165, 1.54) is 0 Å². The first-order valence-electron chi connectivity index (χ1n) is 9.89. The SMILES string of the molecule is Cc1ccccc1C1NC(=O)c2cccc(NC(=O)c3nc(C)c4ccc(Cl)cn34)c21. The predicted molar refractivity (Wildman–Crippen MR) is 120 cm³/mol. The van der Waals surface area contributed by atoms with E-state index in [0.29, 0.717) is 16.3 Å². The highest BCUT2D eigenvalue weighted by molar-refractivity contribution is 6.30. The summed E-state index contributed by atoms with van der Waals surface area (Å²) in [4.78, 5) is 30.3. The van der Waals surface area contributed by atoms with Gasteiger partial charge in [0.15, 0.2) is 0 Å². The molecule has 0 fully saturated rings. The van der Waals surface area contributed by atoms with Crippen molar-refractivity contribution in [1.29, 1.82) is 0 Å². The smallest absolute Gasteiger partial charge is 0.292 e. The quantitative estimate of drug-likeness (QED) is 0.495. The van der Waals surface area contributed by atoms with E-state index in [-0.39, 0.29) is 23.7 Å². The van der Waals surface area contributed by atoms with Gasteiger partial charge in [-0.15, -0.1) is 0 Å². The molecule has 0 spiro atoms. The van der Waals surface area contributed by atoms with E-state index in [9.17, 15) is 9.59 Å². The van der Waals surface area contributed by atoms with Crippen molar-refractivity contribution >= 4 is 34.6 Å². The Bertz CT molecular complexity index is 1380. The largest absolute Gasteiger partial charge is 0.341 e. The van der Waals surface area contributed by atoms with Gasteiger partial charge in [-0.2, -0.15) is 0 Å². The Balaban J connectivity index is 1.58. The van der Waals surface area contributed by atoms with Gasteiger partial charge in [-0.3, -0.25) is 14.0 Å². The third kappa shape index (κ3) is 3.16. The van der Waals surface area contributed by atoms with Crippen molar-refractivity contribution in [3.8, 4) is 0 Å². The molecule has 0 aliphatic carbocycles. The maximum absolute atomic E-state index is 13.2.